The van der Waals surface area contributed by atoms with Gasteiger partial charge in [0.15, 0.2) is 5.16 Å². The van der Waals surface area contributed by atoms with E-state index in [4.69, 9.17) is 10.2 Å². The molecule has 0 spiro atoms. The van der Waals surface area contributed by atoms with Gasteiger partial charge in [-0.25, -0.2) is 4.98 Å². The molecule has 8 heteroatoms. The fourth-order valence-electron chi connectivity index (χ4n) is 3.45. The summed E-state index contributed by atoms with van der Waals surface area (Å²) in [5, 5.41) is 9.28. The molecule has 2 heterocycles. The van der Waals surface area contributed by atoms with Gasteiger partial charge in [-0.2, -0.15) is 5.26 Å². The summed E-state index contributed by atoms with van der Waals surface area (Å²) in [4.78, 5) is 33.4. The van der Waals surface area contributed by atoms with Crippen LogP contribution in [0.25, 0.3) is 20.7 Å². The van der Waals surface area contributed by atoms with Gasteiger partial charge in [-0.15, -0.1) is 11.3 Å². The van der Waals surface area contributed by atoms with Crippen LogP contribution in [0.4, 0.5) is 0 Å². The smallest absolute Gasteiger partial charge is 0.272 e. The fraction of sp³-hybridized carbons (Fsp3) is 0.231. The van der Waals surface area contributed by atoms with E-state index in [1.165, 1.54) is 33.6 Å². The lowest BCUT2D eigenvalue weighted by molar-refractivity contribution is -0.127. The van der Waals surface area contributed by atoms with Crippen LogP contribution in [-0.4, -0.2) is 39.7 Å². The Hall–Kier alpha value is -3.41. The molecule has 0 aliphatic heterocycles. The summed E-state index contributed by atoms with van der Waals surface area (Å²) in [6, 6.07) is 22.0. The molecular formula is C26H24N4O2S2. The van der Waals surface area contributed by atoms with Crippen molar-refractivity contribution < 1.29 is 4.79 Å². The van der Waals surface area contributed by atoms with Crippen molar-refractivity contribution in [1.82, 2.24) is 14.5 Å². The highest BCUT2D eigenvalue weighted by molar-refractivity contribution is 7.99. The molecule has 2 aromatic carbocycles. The zero-order valence-electron chi connectivity index (χ0n) is 19.0. The van der Waals surface area contributed by atoms with E-state index in [0.717, 1.165) is 16.0 Å². The van der Waals surface area contributed by atoms with Gasteiger partial charge in [0, 0.05) is 18.5 Å². The molecule has 2 aromatic heterocycles. The van der Waals surface area contributed by atoms with Crippen LogP contribution in [0.3, 0.4) is 0 Å². The van der Waals surface area contributed by atoms with Crippen LogP contribution in [0.15, 0.2) is 70.6 Å². The quantitative estimate of drug-likeness (QED) is 0.259. The minimum absolute atomic E-state index is 0.105. The summed E-state index contributed by atoms with van der Waals surface area (Å²) in [5.74, 6) is 0.0374. The minimum atomic E-state index is -0.106. The Balaban J connectivity index is 1.71. The van der Waals surface area contributed by atoms with Crippen LogP contribution in [-0.2, 0) is 11.3 Å². The van der Waals surface area contributed by atoms with Crippen molar-refractivity contribution in [1.29, 1.82) is 5.26 Å². The second kappa shape index (κ2) is 10.7. The topological polar surface area (TPSA) is 79.0 Å². The molecule has 0 saturated carbocycles. The van der Waals surface area contributed by atoms with Gasteiger partial charge in [-0.05, 0) is 24.1 Å². The first-order chi connectivity index (χ1) is 16.5. The number of aryl methyl sites for hydroxylation is 1. The van der Waals surface area contributed by atoms with Gasteiger partial charge >= 0.3 is 0 Å². The molecule has 4 rings (SSSR count). The lowest BCUT2D eigenvalue weighted by atomic mass is 10.1. The maximum absolute atomic E-state index is 13.6. The number of thiophene rings is 1. The average molecular weight is 489 g/mol. The predicted octanol–water partition coefficient (Wildman–Crippen LogP) is 4.95. The summed E-state index contributed by atoms with van der Waals surface area (Å²) < 4.78 is 2.26. The average Bonchev–Trinajstić information content (AvgIpc) is 3.28. The van der Waals surface area contributed by atoms with Crippen LogP contribution in [0.2, 0.25) is 0 Å². The molecule has 0 saturated heterocycles. The maximum atomic E-state index is 13.6. The Kier molecular flexibility index (Phi) is 7.46. The number of amides is 1. The Morgan fingerprint density at radius 3 is 2.62 bits per heavy atom. The first-order valence-corrected chi connectivity index (χ1v) is 12.7. The number of hydrogen-bond acceptors (Lipinski definition) is 6. The highest BCUT2D eigenvalue weighted by Crippen LogP contribution is 2.32. The lowest BCUT2D eigenvalue weighted by Gasteiger charge is -2.16. The van der Waals surface area contributed by atoms with Crippen molar-refractivity contribution in [3.63, 3.8) is 0 Å². The van der Waals surface area contributed by atoms with E-state index < -0.39 is 0 Å². The zero-order valence-corrected chi connectivity index (χ0v) is 20.7. The second-order valence-corrected chi connectivity index (χ2v) is 9.97. The van der Waals surface area contributed by atoms with Crippen molar-refractivity contribution in [2.24, 2.45) is 0 Å². The van der Waals surface area contributed by atoms with E-state index in [9.17, 15) is 9.59 Å². The predicted molar refractivity (Wildman–Crippen MR) is 138 cm³/mol. The number of fused-ring (bicyclic) bond motifs is 1. The number of aromatic nitrogens is 2. The number of rotatable bonds is 8. The first-order valence-electron chi connectivity index (χ1n) is 10.9. The fourth-order valence-corrected chi connectivity index (χ4v) is 5.44. The summed E-state index contributed by atoms with van der Waals surface area (Å²) in [7, 11) is 1.68. The molecule has 172 valence electrons. The van der Waals surface area contributed by atoms with E-state index in [0.29, 0.717) is 28.5 Å². The third-order valence-corrected chi connectivity index (χ3v) is 7.55. The molecule has 0 bridgehead atoms. The molecule has 1 amide bonds. The molecule has 0 atom stereocenters. The normalized spacial score (nSPS) is 10.9. The Bertz CT molecular complexity index is 1400. The molecule has 0 aliphatic carbocycles. The Labute approximate surface area is 206 Å². The number of nitrogens with zero attached hydrogens (tertiary/aromatic N) is 4. The number of hydrogen-bond donors (Lipinski definition) is 0. The van der Waals surface area contributed by atoms with Crippen molar-refractivity contribution in [2.45, 2.75) is 25.0 Å². The molecule has 0 radical (unpaired) electrons. The molecule has 6 nitrogen and oxygen atoms in total. The van der Waals surface area contributed by atoms with Gasteiger partial charge in [0.25, 0.3) is 5.56 Å². The van der Waals surface area contributed by atoms with Crippen molar-refractivity contribution in [3.8, 4) is 16.5 Å². The summed E-state index contributed by atoms with van der Waals surface area (Å²) in [6.45, 7) is 2.80. The van der Waals surface area contributed by atoms with Crippen molar-refractivity contribution >= 4 is 39.2 Å². The number of nitriles is 1. The number of carbonyl (C=O) groups is 1. The van der Waals surface area contributed by atoms with Gasteiger partial charge < -0.3 is 4.90 Å². The van der Waals surface area contributed by atoms with E-state index in [2.05, 4.69) is 18.2 Å². The number of thioether (sulfide) groups is 1. The SMILES string of the molecule is Cc1ccc(-c2cc3nc(SCC(=O)N(C)CCC#N)n(Cc4ccccc4)c(=O)c3s2)cc1. The van der Waals surface area contributed by atoms with E-state index in [1.807, 2.05) is 55.5 Å². The molecular weight excluding hydrogens is 464 g/mol. The van der Waals surface area contributed by atoms with E-state index >= 15 is 0 Å². The minimum Gasteiger partial charge on any atom is -0.344 e. The maximum Gasteiger partial charge on any atom is 0.272 e. The largest absolute Gasteiger partial charge is 0.344 e. The van der Waals surface area contributed by atoms with Gasteiger partial charge in [0.1, 0.15) is 4.70 Å². The van der Waals surface area contributed by atoms with Crippen LogP contribution < -0.4 is 5.56 Å². The molecule has 0 N–H and O–H groups in total. The Morgan fingerprint density at radius 1 is 1.18 bits per heavy atom. The van der Waals surface area contributed by atoms with Crippen LogP contribution in [0.1, 0.15) is 17.5 Å². The molecule has 0 aliphatic rings. The summed E-state index contributed by atoms with van der Waals surface area (Å²) in [5.41, 5.74) is 3.75. The summed E-state index contributed by atoms with van der Waals surface area (Å²) >= 11 is 2.70. The third-order valence-electron chi connectivity index (χ3n) is 5.43. The van der Waals surface area contributed by atoms with Crippen LogP contribution in [0.5, 0.6) is 0 Å². The summed E-state index contributed by atoms with van der Waals surface area (Å²) in [6.07, 6.45) is 0.284. The van der Waals surface area contributed by atoms with Gasteiger partial charge in [-0.3, -0.25) is 14.2 Å². The molecule has 0 fully saturated rings. The van der Waals surface area contributed by atoms with Crippen molar-refractivity contribution in [3.05, 3.63) is 82.1 Å². The highest BCUT2D eigenvalue weighted by Gasteiger charge is 2.18. The number of benzene rings is 2. The van der Waals surface area contributed by atoms with Gasteiger partial charge in [0.2, 0.25) is 5.91 Å². The van der Waals surface area contributed by atoms with Crippen LogP contribution in [0, 0.1) is 18.3 Å². The Morgan fingerprint density at radius 2 is 1.91 bits per heavy atom. The molecule has 0 unspecified atom stereocenters. The number of carbonyl (C=O) groups excluding carboxylic acids is 1. The second-order valence-electron chi connectivity index (χ2n) is 7.97. The monoisotopic (exact) mass is 488 g/mol. The van der Waals surface area contributed by atoms with Gasteiger partial charge in [0.05, 0.1) is 30.3 Å². The zero-order chi connectivity index (χ0) is 24.1. The highest BCUT2D eigenvalue weighted by atomic mass is 32.2. The van der Waals surface area contributed by atoms with Crippen molar-refractivity contribution in [2.75, 3.05) is 19.3 Å². The molecule has 4 aromatic rings. The third kappa shape index (κ3) is 5.38. The van der Waals surface area contributed by atoms with Crippen LogP contribution >= 0.6 is 23.1 Å². The lowest BCUT2D eigenvalue weighted by Crippen LogP contribution is -2.30. The standard InChI is InChI=1S/C26H24N4O2S2/c1-18-9-11-20(12-10-18)22-15-21-24(34-22)25(32)30(16-19-7-4-3-5-8-19)26(28-21)33-17-23(31)29(2)14-6-13-27/h3-5,7-12,15H,6,14,16-17H2,1-2H3. The first kappa shape index (κ1) is 23.7. The molecule has 34 heavy (non-hydrogen) atoms. The van der Waals surface area contributed by atoms with E-state index in [-0.39, 0.29) is 23.6 Å². The van der Waals surface area contributed by atoms with Gasteiger partial charge in [-0.1, -0.05) is 71.9 Å². The van der Waals surface area contributed by atoms with E-state index in [1.54, 1.807) is 11.6 Å².